The number of nitrogens with zero attached hydrogens (tertiary/aromatic N) is 1. The van der Waals surface area contributed by atoms with Gasteiger partial charge in [0, 0.05) is 19.2 Å². The summed E-state index contributed by atoms with van der Waals surface area (Å²) in [6, 6.07) is 4.02. The van der Waals surface area contributed by atoms with Gasteiger partial charge < -0.3 is 20.2 Å². The Balaban J connectivity index is 1.99. The number of phenols is 2. The normalized spacial score (nSPS) is 22.3. The molecule has 0 atom stereocenters. The molecule has 1 aliphatic carbocycles. The molecule has 0 saturated heterocycles. The minimum absolute atomic E-state index is 0.202. The fourth-order valence-corrected chi connectivity index (χ4v) is 2.20. The van der Waals surface area contributed by atoms with E-state index in [0.29, 0.717) is 18.0 Å². The number of aliphatic hydroxyl groups is 1. The average molecular weight is 251 g/mol. The second-order valence-electron chi connectivity index (χ2n) is 4.88. The van der Waals surface area contributed by atoms with Gasteiger partial charge in [-0.2, -0.15) is 0 Å². The Morgan fingerprint density at radius 3 is 2.56 bits per heavy atom. The largest absolute Gasteiger partial charge is 0.504 e. The zero-order valence-electron chi connectivity index (χ0n) is 10.2. The first-order chi connectivity index (χ1) is 8.47. The van der Waals surface area contributed by atoms with E-state index in [1.165, 1.54) is 18.2 Å². The Kier molecular flexibility index (Phi) is 3.43. The zero-order valence-corrected chi connectivity index (χ0v) is 10.2. The van der Waals surface area contributed by atoms with Gasteiger partial charge in [0.2, 0.25) is 0 Å². The van der Waals surface area contributed by atoms with Crippen LogP contribution in [-0.2, 0) is 0 Å². The van der Waals surface area contributed by atoms with E-state index in [0.717, 1.165) is 12.8 Å². The molecule has 18 heavy (non-hydrogen) atoms. The van der Waals surface area contributed by atoms with E-state index in [1.807, 2.05) is 0 Å². The molecule has 0 aliphatic heterocycles. The first-order valence-electron chi connectivity index (χ1n) is 5.93. The van der Waals surface area contributed by atoms with E-state index in [9.17, 15) is 20.1 Å². The lowest BCUT2D eigenvalue weighted by Crippen LogP contribution is -2.39. The van der Waals surface area contributed by atoms with Crippen LogP contribution in [0.5, 0.6) is 11.5 Å². The number of aliphatic hydroxyl groups excluding tert-OH is 1. The van der Waals surface area contributed by atoms with Gasteiger partial charge in [0.15, 0.2) is 11.5 Å². The van der Waals surface area contributed by atoms with Gasteiger partial charge in [-0.1, -0.05) is 0 Å². The first kappa shape index (κ1) is 12.7. The molecule has 1 amide bonds. The summed E-state index contributed by atoms with van der Waals surface area (Å²) >= 11 is 0. The smallest absolute Gasteiger partial charge is 0.253 e. The van der Waals surface area contributed by atoms with Gasteiger partial charge in [0.1, 0.15) is 0 Å². The molecule has 1 saturated carbocycles. The number of hydrogen-bond donors (Lipinski definition) is 3. The molecule has 3 N–H and O–H groups in total. The monoisotopic (exact) mass is 251 g/mol. The SMILES string of the molecule is CN(CC1CC(O)C1)C(=O)c1ccc(O)c(O)c1. The first-order valence-corrected chi connectivity index (χ1v) is 5.93. The van der Waals surface area contributed by atoms with E-state index in [2.05, 4.69) is 0 Å². The Morgan fingerprint density at radius 1 is 1.33 bits per heavy atom. The maximum absolute atomic E-state index is 12.0. The lowest BCUT2D eigenvalue weighted by atomic mass is 9.82. The van der Waals surface area contributed by atoms with E-state index in [-0.39, 0.29) is 23.5 Å². The highest BCUT2D eigenvalue weighted by molar-refractivity contribution is 5.94. The minimum Gasteiger partial charge on any atom is -0.504 e. The van der Waals surface area contributed by atoms with Crippen LogP contribution in [0.4, 0.5) is 0 Å². The minimum atomic E-state index is -0.298. The highest BCUT2D eigenvalue weighted by Gasteiger charge is 2.29. The van der Waals surface area contributed by atoms with Crippen molar-refractivity contribution in [2.75, 3.05) is 13.6 Å². The molecule has 1 aliphatic rings. The molecule has 0 radical (unpaired) electrons. The number of amides is 1. The van der Waals surface area contributed by atoms with E-state index < -0.39 is 0 Å². The molecule has 0 bridgehead atoms. The zero-order chi connectivity index (χ0) is 13.3. The number of carbonyl (C=O) groups is 1. The second kappa shape index (κ2) is 4.86. The van der Waals surface area contributed by atoms with Crippen LogP contribution in [0, 0.1) is 5.92 Å². The molecule has 1 aromatic rings. The molecular formula is C13H17NO4. The molecule has 5 nitrogen and oxygen atoms in total. The van der Waals surface area contributed by atoms with Crippen LogP contribution in [0.2, 0.25) is 0 Å². The molecule has 1 fully saturated rings. The molecule has 0 unspecified atom stereocenters. The predicted octanol–water partition coefficient (Wildman–Crippen LogP) is 0.941. The van der Waals surface area contributed by atoms with Crippen LogP contribution >= 0.6 is 0 Å². The van der Waals surface area contributed by atoms with Crippen LogP contribution in [-0.4, -0.2) is 45.8 Å². The third kappa shape index (κ3) is 2.56. The van der Waals surface area contributed by atoms with Crippen LogP contribution in [0.3, 0.4) is 0 Å². The summed E-state index contributed by atoms with van der Waals surface area (Å²) in [6.45, 7) is 0.595. The summed E-state index contributed by atoms with van der Waals surface area (Å²) in [6.07, 6.45) is 1.24. The fourth-order valence-electron chi connectivity index (χ4n) is 2.20. The topological polar surface area (TPSA) is 81.0 Å². The number of hydrogen-bond acceptors (Lipinski definition) is 4. The molecule has 0 heterocycles. The summed E-state index contributed by atoms with van der Waals surface area (Å²) in [5.74, 6) is -0.393. The van der Waals surface area contributed by atoms with Crippen molar-refractivity contribution < 1.29 is 20.1 Å². The van der Waals surface area contributed by atoms with Crippen LogP contribution in [0.15, 0.2) is 18.2 Å². The molecule has 5 heteroatoms. The van der Waals surface area contributed by atoms with E-state index >= 15 is 0 Å². The molecule has 98 valence electrons. The summed E-state index contributed by atoms with van der Waals surface area (Å²) in [5.41, 5.74) is 0.340. The van der Waals surface area contributed by atoms with Gasteiger partial charge in [-0.3, -0.25) is 4.79 Å². The Hall–Kier alpha value is -1.75. The Bertz CT molecular complexity index is 454. The van der Waals surface area contributed by atoms with Crippen LogP contribution < -0.4 is 0 Å². The van der Waals surface area contributed by atoms with E-state index in [1.54, 1.807) is 11.9 Å². The van der Waals surface area contributed by atoms with Gasteiger partial charge in [0.25, 0.3) is 5.91 Å². The third-order valence-corrected chi connectivity index (χ3v) is 3.31. The second-order valence-corrected chi connectivity index (χ2v) is 4.88. The van der Waals surface area contributed by atoms with Crippen molar-refractivity contribution in [3.8, 4) is 11.5 Å². The number of benzene rings is 1. The summed E-state index contributed by atoms with van der Waals surface area (Å²) < 4.78 is 0. The number of rotatable bonds is 3. The maximum Gasteiger partial charge on any atom is 0.253 e. The molecule has 0 spiro atoms. The van der Waals surface area contributed by atoms with Gasteiger partial charge in [-0.05, 0) is 37.0 Å². The van der Waals surface area contributed by atoms with Gasteiger partial charge in [-0.15, -0.1) is 0 Å². The summed E-state index contributed by atoms with van der Waals surface area (Å²) in [4.78, 5) is 13.6. The summed E-state index contributed by atoms with van der Waals surface area (Å²) in [5, 5.41) is 27.7. The number of phenolic OH excluding ortho intramolecular Hbond substituents is 2. The Morgan fingerprint density at radius 2 is 2.00 bits per heavy atom. The number of carbonyl (C=O) groups excluding carboxylic acids is 1. The van der Waals surface area contributed by atoms with Gasteiger partial charge in [-0.25, -0.2) is 0 Å². The van der Waals surface area contributed by atoms with Crippen LogP contribution in [0.25, 0.3) is 0 Å². The lowest BCUT2D eigenvalue weighted by Gasteiger charge is -2.34. The lowest BCUT2D eigenvalue weighted by molar-refractivity contribution is 0.0265. The third-order valence-electron chi connectivity index (χ3n) is 3.31. The van der Waals surface area contributed by atoms with Crippen molar-refractivity contribution in [1.82, 2.24) is 4.90 Å². The predicted molar refractivity (Wildman–Crippen MR) is 65.5 cm³/mol. The molecular weight excluding hydrogens is 234 g/mol. The standard InChI is InChI=1S/C13H17NO4/c1-14(7-8-4-10(15)5-8)13(18)9-2-3-11(16)12(17)6-9/h2-3,6,8,10,15-17H,4-5,7H2,1H3. The number of aromatic hydroxyl groups is 2. The Labute approximate surface area is 105 Å². The molecule has 2 rings (SSSR count). The van der Waals surface area contributed by atoms with Crippen molar-refractivity contribution in [2.24, 2.45) is 5.92 Å². The average Bonchev–Trinajstić information content (AvgIpc) is 2.29. The molecule has 1 aromatic carbocycles. The van der Waals surface area contributed by atoms with E-state index in [4.69, 9.17) is 0 Å². The van der Waals surface area contributed by atoms with Crippen LogP contribution in [0.1, 0.15) is 23.2 Å². The van der Waals surface area contributed by atoms with Gasteiger partial charge >= 0.3 is 0 Å². The quantitative estimate of drug-likeness (QED) is 0.698. The summed E-state index contributed by atoms with van der Waals surface area (Å²) in [7, 11) is 1.69. The molecule has 0 aromatic heterocycles. The highest BCUT2D eigenvalue weighted by Crippen LogP contribution is 2.29. The van der Waals surface area contributed by atoms with Crippen molar-refractivity contribution in [3.63, 3.8) is 0 Å². The highest BCUT2D eigenvalue weighted by atomic mass is 16.3. The van der Waals surface area contributed by atoms with Gasteiger partial charge in [0.05, 0.1) is 6.10 Å². The van der Waals surface area contributed by atoms with Crippen molar-refractivity contribution in [2.45, 2.75) is 18.9 Å². The maximum atomic E-state index is 12.0. The van der Waals surface area contributed by atoms with Crippen molar-refractivity contribution in [3.05, 3.63) is 23.8 Å². The fraction of sp³-hybridized carbons (Fsp3) is 0.462. The van der Waals surface area contributed by atoms with Crippen molar-refractivity contribution in [1.29, 1.82) is 0 Å². The van der Waals surface area contributed by atoms with Crippen molar-refractivity contribution >= 4 is 5.91 Å².